The van der Waals surface area contributed by atoms with Crippen LogP contribution in [0, 0.1) is 0 Å². The second-order valence-electron chi connectivity index (χ2n) is 6.48. The van der Waals surface area contributed by atoms with Gasteiger partial charge in [0.1, 0.15) is 16.4 Å². The molecule has 1 fully saturated rings. The number of carbonyl (C=O) groups is 2. The summed E-state index contributed by atoms with van der Waals surface area (Å²) in [7, 11) is 0. The van der Waals surface area contributed by atoms with Crippen LogP contribution in [-0.4, -0.2) is 28.9 Å². The van der Waals surface area contributed by atoms with Gasteiger partial charge in [-0.3, -0.25) is 9.59 Å². The minimum Gasteiger partial charge on any atom is -0.354 e. The van der Waals surface area contributed by atoms with Crippen LogP contribution < -0.4 is 10.6 Å². The van der Waals surface area contributed by atoms with Gasteiger partial charge in [0.15, 0.2) is 0 Å². The molecule has 6 heteroatoms. The van der Waals surface area contributed by atoms with Crippen molar-refractivity contribution in [2.24, 2.45) is 0 Å². The van der Waals surface area contributed by atoms with Crippen molar-refractivity contribution in [3.05, 3.63) is 41.2 Å². The summed E-state index contributed by atoms with van der Waals surface area (Å²) < 4.78 is 0. The molecule has 0 atom stereocenters. The van der Waals surface area contributed by atoms with E-state index in [1.165, 1.54) is 0 Å². The molecule has 0 unspecified atom stereocenters. The molecule has 3 rings (SSSR count). The monoisotopic (exact) mass is 359 g/mol. The SMILES string of the molecule is CCNC(=O)C1(NC(=O)c2cc3ccccc3c(Cl)n2)CCCCC1. The number of halogens is 1. The molecule has 0 bridgehead atoms. The quantitative estimate of drug-likeness (QED) is 0.821. The molecule has 132 valence electrons. The highest BCUT2D eigenvalue weighted by Crippen LogP contribution is 2.29. The Balaban J connectivity index is 1.90. The van der Waals surface area contributed by atoms with Crippen molar-refractivity contribution in [3.8, 4) is 0 Å². The first-order valence-electron chi connectivity index (χ1n) is 8.72. The minimum atomic E-state index is -0.856. The molecule has 25 heavy (non-hydrogen) atoms. The van der Waals surface area contributed by atoms with E-state index >= 15 is 0 Å². The van der Waals surface area contributed by atoms with Gasteiger partial charge in [-0.2, -0.15) is 0 Å². The van der Waals surface area contributed by atoms with Crippen LogP contribution in [-0.2, 0) is 4.79 Å². The summed E-state index contributed by atoms with van der Waals surface area (Å²) in [6.07, 6.45) is 4.21. The maximum Gasteiger partial charge on any atom is 0.270 e. The highest BCUT2D eigenvalue weighted by atomic mass is 35.5. The van der Waals surface area contributed by atoms with Crippen LogP contribution in [0.4, 0.5) is 0 Å². The topological polar surface area (TPSA) is 71.1 Å². The molecule has 1 saturated carbocycles. The minimum absolute atomic E-state index is 0.116. The van der Waals surface area contributed by atoms with Crippen LogP contribution in [0.1, 0.15) is 49.5 Å². The van der Waals surface area contributed by atoms with Crippen molar-refractivity contribution in [1.82, 2.24) is 15.6 Å². The Bertz CT molecular complexity index is 800. The fraction of sp³-hybridized carbons (Fsp3) is 0.421. The molecule has 0 spiro atoms. The Morgan fingerprint density at radius 1 is 1.20 bits per heavy atom. The highest BCUT2D eigenvalue weighted by molar-refractivity contribution is 6.34. The number of nitrogens with one attached hydrogen (secondary N) is 2. The normalized spacial score (nSPS) is 16.4. The standard InChI is InChI=1S/C19H22ClN3O2/c1-2-21-18(25)19(10-6-3-7-11-19)23-17(24)15-12-13-8-4-5-9-14(13)16(20)22-15/h4-5,8-9,12H,2-3,6-7,10-11H2,1H3,(H,21,25)(H,23,24). The number of pyridine rings is 1. The molecule has 1 aromatic carbocycles. The van der Waals surface area contributed by atoms with Crippen LogP contribution in [0.15, 0.2) is 30.3 Å². The zero-order chi connectivity index (χ0) is 17.9. The molecule has 1 aliphatic carbocycles. The number of fused-ring (bicyclic) bond motifs is 1. The lowest BCUT2D eigenvalue weighted by atomic mass is 9.80. The number of nitrogens with zero attached hydrogens (tertiary/aromatic N) is 1. The van der Waals surface area contributed by atoms with E-state index in [4.69, 9.17) is 11.6 Å². The summed E-state index contributed by atoms with van der Waals surface area (Å²) in [5.74, 6) is -0.476. The molecule has 1 aromatic heterocycles. The second-order valence-corrected chi connectivity index (χ2v) is 6.83. The molecule has 2 N–H and O–H groups in total. The summed E-state index contributed by atoms with van der Waals surface area (Å²) in [4.78, 5) is 29.6. The highest BCUT2D eigenvalue weighted by Gasteiger charge is 2.40. The first kappa shape index (κ1) is 17.7. The van der Waals surface area contributed by atoms with Crippen molar-refractivity contribution < 1.29 is 9.59 Å². The molecular formula is C19H22ClN3O2. The lowest BCUT2D eigenvalue weighted by molar-refractivity contribution is -0.128. The smallest absolute Gasteiger partial charge is 0.270 e. The largest absolute Gasteiger partial charge is 0.354 e. The van der Waals surface area contributed by atoms with Gasteiger partial charge in [0.2, 0.25) is 5.91 Å². The maximum absolute atomic E-state index is 12.8. The average molecular weight is 360 g/mol. The van der Waals surface area contributed by atoms with Crippen molar-refractivity contribution in [2.45, 2.75) is 44.6 Å². The van der Waals surface area contributed by atoms with Gasteiger partial charge in [-0.25, -0.2) is 4.98 Å². The zero-order valence-electron chi connectivity index (χ0n) is 14.3. The predicted octanol–water partition coefficient (Wildman–Crippen LogP) is 3.46. The molecule has 0 saturated heterocycles. The van der Waals surface area contributed by atoms with E-state index in [1.807, 2.05) is 31.2 Å². The maximum atomic E-state index is 12.8. The van der Waals surface area contributed by atoms with E-state index in [2.05, 4.69) is 15.6 Å². The fourth-order valence-corrected chi connectivity index (χ4v) is 3.71. The molecule has 2 amide bonds. The van der Waals surface area contributed by atoms with Gasteiger partial charge in [-0.1, -0.05) is 55.1 Å². The van der Waals surface area contributed by atoms with Gasteiger partial charge >= 0.3 is 0 Å². The number of hydrogen-bond acceptors (Lipinski definition) is 3. The van der Waals surface area contributed by atoms with E-state index in [1.54, 1.807) is 6.07 Å². The van der Waals surface area contributed by atoms with Crippen LogP contribution in [0.2, 0.25) is 5.15 Å². The molecule has 0 radical (unpaired) electrons. The number of carbonyl (C=O) groups excluding carboxylic acids is 2. The lowest BCUT2D eigenvalue weighted by Crippen LogP contribution is -2.59. The molecule has 2 aromatic rings. The van der Waals surface area contributed by atoms with E-state index in [-0.39, 0.29) is 17.5 Å². The Labute approximate surface area is 152 Å². The van der Waals surface area contributed by atoms with Crippen molar-refractivity contribution in [1.29, 1.82) is 0 Å². The van der Waals surface area contributed by atoms with Gasteiger partial charge in [0, 0.05) is 11.9 Å². The Morgan fingerprint density at radius 2 is 1.92 bits per heavy atom. The van der Waals surface area contributed by atoms with E-state index in [0.29, 0.717) is 24.5 Å². The average Bonchev–Trinajstić information content (AvgIpc) is 2.62. The molecular weight excluding hydrogens is 338 g/mol. The van der Waals surface area contributed by atoms with Gasteiger partial charge in [0.25, 0.3) is 5.91 Å². The number of benzene rings is 1. The van der Waals surface area contributed by atoms with Crippen molar-refractivity contribution in [2.75, 3.05) is 6.54 Å². The second kappa shape index (κ2) is 7.40. The Kier molecular flexibility index (Phi) is 5.23. The van der Waals surface area contributed by atoms with Crippen LogP contribution in [0.25, 0.3) is 10.8 Å². The summed E-state index contributed by atoms with van der Waals surface area (Å²) >= 11 is 6.23. The molecule has 0 aliphatic heterocycles. The van der Waals surface area contributed by atoms with Crippen molar-refractivity contribution in [3.63, 3.8) is 0 Å². The van der Waals surface area contributed by atoms with Crippen LogP contribution in [0.3, 0.4) is 0 Å². The van der Waals surface area contributed by atoms with E-state index < -0.39 is 5.54 Å². The number of amides is 2. The third kappa shape index (κ3) is 3.61. The molecule has 5 nitrogen and oxygen atoms in total. The zero-order valence-corrected chi connectivity index (χ0v) is 15.0. The predicted molar refractivity (Wildman–Crippen MR) is 98.7 cm³/mol. The van der Waals surface area contributed by atoms with Crippen LogP contribution >= 0.6 is 11.6 Å². The molecule has 1 aliphatic rings. The fourth-order valence-electron chi connectivity index (χ4n) is 3.45. The Hall–Kier alpha value is -2.14. The van der Waals surface area contributed by atoms with Gasteiger partial charge in [-0.15, -0.1) is 0 Å². The van der Waals surface area contributed by atoms with Gasteiger partial charge in [-0.05, 0) is 31.2 Å². The molecule has 1 heterocycles. The lowest BCUT2D eigenvalue weighted by Gasteiger charge is -2.36. The first-order chi connectivity index (χ1) is 12.1. The number of likely N-dealkylation sites (N-methyl/N-ethyl adjacent to an activating group) is 1. The Morgan fingerprint density at radius 3 is 2.64 bits per heavy atom. The van der Waals surface area contributed by atoms with E-state index in [9.17, 15) is 9.59 Å². The van der Waals surface area contributed by atoms with Crippen molar-refractivity contribution >= 4 is 34.2 Å². The number of hydrogen-bond donors (Lipinski definition) is 2. The number of rotatable bonds is 4. The van der Waals surface area contributed by atoms with Crippen LogP contribution in [0.5, 0.6) is 0 Å². The first-order valence-corrected chi connectivity index (χ1v) is 9.09. The summed E-state index contributed by atoms with van der Waals surface area (Å²) in [6, 6.07) is 9.23. The number of aromatic nitrogens is 1. The summed E-state index contributed by atoms with van der Waals surface area (Å²) in [6.45, 7) is 2.41. The third-order valence-electron chi connectivity index (χ3n) is 4.76. The van der Waals surface area contributed by atoms with Gasteiger partial charge in [0.05, 0.1) is 0 Å². The third-order valence-corrected chi connectivity index (χ3v) is 5.05. The summed E-state index contributed by atoms with van der Waals surface area (Å²) in [5.41, 5.74) is -0.622. The summed E-state index contributed by atoms with van der Waals surface area (Å²) in [5, 5.41) is 7.75. The van der Waals surface area contributed by atoms with E-state index in [0.717, 1.165) is 30.0 Å². The van der Waals surface area contributed by atoms with Gasteiger partial charge < -0.3 is 10.6 Å².